The quantitative estimate of drug-likeness (QED) is 0.441. The molecule has 0 saturated heterocycles. The van der Waals surface area contributed by atoms with E-state index in [4.69, 9.17) is 0 Å². The van der Waals surface area contributed by atoms with Crippen LogP contribution in [0.1, 0.15) is 17.2 Å². The van der Waals surface area contributed by atoms with E-state index in [-0.39, 0.29) is 10.4 Å². The van der Waals surface area contributed by atoms with E-state index in [2.05, 4.69) is 14.7 Å². The predicted octanol–water partition coefficient (Wildman–Crippen LogP) is 2.28. The lowest BCUT2D eigenvalue weighted by Crippen LogP contribution is -2.30. The third-order valence-electron chi connectivity index (χ3n) is 4.54. The standard InChI is InChI=1S/C21H17N3O4S/c25-20-21(26)23-18-13-16(11-12-17(18)22-20)29(27,28)24-19(14-7-3-1-4-8-14)15-9-5-2-6-10-15/h1-13,19,24H,(H,22,25)(H,23,26). The van der Waals surface area contributed by atoms with Crippen LogP contribution in [0.4, 0.5) is 0 Å². The molecule has 4 aromatic rings. The summed E-state index contributed by atoms with van der Waals surface area (Å²) in [6, 6.07) is 22.1. The zero-order valence-electron chi connectivity index (χ0n) is 15.1. The van der Waals surface area contributed by atoms with Gasteiger partial charge < -0.3 is 9.97 Å². The highest BCUT2D eigenvalue weighted by Crippen LogP contribution is 2.25. The second-order valence-electron chi connectivity index (χ2n) is 6.49. The summed E-state index contributed by atoms with van der Waals surface area (Å²) < 4.78 is 29.0. The zero-order chi connectivity index (χ0) is 20.4. The Morgan fingerprint density at radius 3 is 1.76 bits per heavy atom. The van der Waals surface area contributed by atoms with Crippen LogP contribution in [0.5, 0.6) is 0 Å². The highest BCUT2D eigenvalue weighted by molar-refractivity contribution is 7.89. The molecule has 0 amide bonds. The molecule has 0 aliphatic carbocycles. The summed E-state index contributed by atoms with van der Waals surface area (Å²) in [5, 5.41) is 0. The van der Waals surface area contributed by atoms with Gasteiger partial charge in [-0.25, -0.2) is 8.42 Å². The minimum Gasteiger partial charge on any atom is -0.316 e. The number of benzene rings is 3. The molecule has 0 fully saturated rings. The van der Waals surface area contributed by atoms with E-state index >= 15 is 0 Å². The monoisotopic (exact) mass is 407 g/mol. The number of sulfonamides is 1. The summed E-state index contributed by atoms with van der Waals surface area (Å²) in [7, 11) is -3.93. The summed E-state index contributed by atoms with van der Waals surface area (Å²) in [4.78, 5) is 27.8. The van der Waals surface area contributed by atoms with Crippen LogP contribution >= 0.6 is 0 Å². The van der Waals surface area contributed by atoms with Crippen LogP contribution < -0.4 is 15.8 Å². The maximum Gasteiger partial charge on any atom is 0.314 e. The molecule has 0 aliphatic rings. The highest BCUT2D eigenvalue weighted by atomic mass is 32.2. The van der Waals surface area contributed by atoms with Gasteiger partial charge in [-0.3, -0.25) is 9.59 Å². The van der Waals surface area contributed by atoms with E-state index in [0.717, 1.165) is 11.1 Å². The Kier molecular flexibility index (Phi) is 4.87. The van der Waals surface area contributed by atoms with Gasteiger partial charge in [-0.15, -0.1) is 0 Å². The largest absolute Gasteiger partial charge is 0.316 e. The third kappa shape index (κ3) is 3.89. The van der Waals surface area contributed by atoms with E-state index < -0.39 is 27.2 Å². The number of hydrogen-bond donors (Lipinski definition) is 3. The molecule has 7 nitrogen and oxygen atoms in total. The van der Waals surface area contributed by atoms with Gasteiger partial charge in [0.15, 0.2) is 0 Å². The molecule has 3 aromatic carbocycles. The van der Waals surface area contributed by atoms with Crippen molar-refractivity contribution in [3.8, 4) is 0 Å². The van der Waals surface area contributed by atoms with Crippen LogP contribution in [0.3, 0.4) is 0 Å². The minimum absolute atomic E-state index is 0.0236. The molecule has 4 rings (SSSR count). The predicted molar refractivity (Wildman–Crippen MR) is 110 cm³/mol. The topological polar surface area (TPSA) is 112 Å². The number of hydrogen-bond acceptors (Lipinski definition) is 4. The molecule has 29 heavy (non-hydrogen) atoms. The molecule has 3 N–H and O–H groups in total. The second kappa shape index (κ2) is 7.50. The van der Waals surface area contributed by atoms with Gasteiger partial charge in [0.2, 0.25) is 10.0 Å². The van der Waals surface area contributed by atoms with Crippen molar-refractivity contribution in [1.29, 1.82) is 0 Å². The first-order valence-electron chi connectivity index (χ1n) is 8.83. The zero-order valence-corrected chi connectivity index (χ0v) is 15.9. The van der Waals surface area contributed by atoms with E-state index in [1.807, 2.05) is 60.7 Å². The smallest absolute Gasteiger partial charge is 0.314 e. The molecule has 0 unspecified atom stereocenters. The molecule has 0 bridgehead atoms. The Morgan fingerprint density at radius 1 is 0.690 bits per heavy atom. The van der Waals surface area contributed by atoms with Crippen LogP contribution in [0, 0.1) is 0 Å². The van der Waals surface area contributed by atoms with Crippen LogP contribution in [-0.2, 0) is 10.0 Å². The lowest BCUT2D eigenvalue weighted by molar-refractivity contribution is 0.572. The van der Waals surface area contributed by atoms with Crippen molar-refractivity contribution in [2.24, 2.45) is 0 Å². The van der Waals surface area contributed by atoms with E-state index in [1.165, 1.54) is 18.2 Å². The van der Waals surface area contributed by atoms with E-state index in [9.17, 15) is 18.0 Å². The van der Waals surface area contributed by atoms with Crippen LogP contribution in [0.25, 0.3) is 11.0 Å². The van der Waals surface area contributed by atoms with Crippen molar-refractivity contribution in [2.75, 3.05) is 0 Å². The number of fused-ring (bicyclic) bond motifs is 1. The highest BCUT2D eigenvalue weighted by Gasteiger charge is 2.23. The fraction of sp³-hybridized carbons (Fsp3) is 0.0476. The van der Waals surface area contributed by atoms with Gasteiger partial charge in [0, 0.05) is 0 Å². The summed E-state index contributed by atoms with van der Waals surface area (Å²) >= 11 is 0. The van der Waals surface area contributed by atoms with Crippen molar-refractivity contribution in [1.82, 2.24) is 14.7 Å². The van der Waals surface area contributed by atoms with Gasteiger partial charge in [-0.05, 0) is 29.3 Å². The van der Waals surface area contributed by atoms with Gasteiger partial charge in [0.1, 0.15) is 0 Å². The van der Waals surface area contributed by atoms with Gasteiger partial charge in [-0.1, -0.05) is 60.7 Å². The summed E-state index contributed by atoms with van der Waals surface area (Å²) in [5.41, 5.74) is 0.525. The molecule has 1 heterocycles. The Hall–Kier alpha value is -3.49. The first-order chi connectivity index (χ1) is 13.9. The lowest BCUT2D eigenvalue weighted by Gasteiger charge is -2.20. The molecule has 0 spiro atoms. The van der Waals surface area contributed by atoms with Crippen LogP contribution in [0.2, 0.25) is 0 Å². The van der Waals surface area contributed by atoms with Gasteiger partial charge in [-0.2, -0.15) is 4.72 Å². The fourth-order valence-corrected chi connectivity index (χ4v) is 4.34. The third-order valence-corrected chi connectivity index (χ3v) is 5.96. The van der Waals surface area contributed by atoms with E-state index in [0.29, 0.717) is 5.52 Å². The Bertz CT molecular complexity index is 1340. The SMILES string of the molecule is O=c1[nH]c2ccc(S(=O)(=O)NC(c3ccccc3)c3ccccc3)cc2[nH]c1=O. The Labute approximate surface area is 166 Å². The second-order valence-corrected chi connectivity index (χ2v) is 8.21. The van der Waals surface area contributed by atoms with Crippen LogP contribution in [-0.4, -0.2) is 18.4 Å². The molecule has 0 saturated carbocycles. The van der Waals surface area contributed by atoms with Gasteiger partial charge in [0.25, 0.3) is 0 Å². The fourth-order valence-electron chi connectivity index (χ4n) is 3.10. The number of rotatable bonds is 5. The number of H-pyrrole nitrogens is 2. The van der Waals surface area contributed by atoms with Crippen LogP contribution in [0.15, 0.2) is 93.3 Å². The molecular formula is C21H17N3O4S. The maximum atomic E-state index is 13.1. The first kappa shape index (κ1) is 18.9. The van der Waals surface area contributed by atoms with Gasteiger partial charge >= 0.3 is 11.1 Å². The molecule has 8 heteroatoms. The minimum atomic E-state index is -3.93. The molecule has 1 aromatic heterocycles. The molecule has 0 aliphatic heterocycles. The summed E-state index contributed by atoms with van der Waals surface area (Å²) in [6.45, 7) is 0. The van der Waals surface area contributed by atoms with Gasteiger partial charge in [0.05, 0.1) is 22.0 Å². The first-order valence-corrected chi connectivity index (χ1v) is 10.3. The average Bonchev–Trinajstić information content (AvgIpc) is 2.74. The molecular weight excluding hydrogens is 390 g/mol. The normalized spacial score (nSPS) is 11.8. The van der Waals surface area contributed by atoms with Crippen molar-refractivity contribution in [2.45, 2.75) is 10.9 Å². The number of nitrogens with one attached hydrogen (secondary N) is 3. The van der Waals surface area contributed by atoms with E-state index in [1.54, 1.807) is 0 Å². The molecule has 0 radical (unpaired) electrons. The maximum absolute atomic E-state index is 13.1. The number of aromatic amines is 2. The Balaban J connectivity index is 1.77. The van der Waals surface area contributed by atoms with Crippen molar-refractivity contribution >= 4 is 21.1 Å². The summed E-state index contributed by atoms with van der Waals surface area (Å²) in [5.74, 6) is 0. The lowest BCUT2D eigenvalue weighted by atomic mass is 10.00. The van der Waals surface area contributed by atoms with Crippen molar-refractivity contribution in [3.63, 3.8) is 0 Å². The number of aromatic nitrogens is 2. The molecule has 146 valence electrons. The molecule has 0 atom stereocenters. The van der Waals surface area contributed by atoms with Crippen molar-refractivity contribution < 1.29 is 8.42 Å². The summed E-state index contributed by atoms with van der Waals surface area (Å²) in [6.07, 6.45) is 0. The average molecular weight is 407 g/mol. The Morgan fingerprint density at radius 2 is 1.21 bits per heavy atom. The van der Waals surface area contributed by atoms with Crippen molar-refractivity contribution in [3.05, 3.63) is 111 Å².